The number of anilines is 1. The molecule has 0 aliphatic carbocycles. The van der Waals surface area contributed by atoms with Gasteiger partial charge >= 0.3 is 0 Å². The third-order valence-electron chi connectivity index (χ3n) is 2.02. The molecule has 1 heterocycles. The molecule has 2 N–H and O–H groups in total. The predicted molar refractivity (Wildman–Crippen MR) is 58.2 cm³/mol. The molecule has 0 fully saturated rings. The first kappa shape index (κ1) is 7.95. The molecule has 0 aliphatic rings. The molecule has 62 valence electrons. The van der Waals surface area contributed by atoms with Gasteiger partial charge in [0.25, 0.3) is 0 Å². The summed E-state index contributed by atoms with van der Waals surface area (Å²) in [6.45, 7) is 2.03. The highest BCUT2D eigenvalue weighted by Crippen LogP contribution is 2.33. The van der Waals surface area contributed by atoms with Gasteiger partial charge in [-0.05, 0) is 24.6 Å². The van der Waals surface area contributed by atoms with Crippen molar-refractivity contribution in [2.75, 3.05) is 5.73 Å². The van der Waals surface area contributed by atoms with Crippen molar-refractivity contribution in [3.63, 3.8) is 0 Å². The zero-order valence-corrected chi connectivity index (χ0v) is 8.38. The smallest absolute Gasteiger partial charge is 0.0358 e. The van der Waals surface area contributed by atoms with Gasteiger partial charge in [-0.1, -0.05) is 0 Å². The number of thiophene rings is 1. The fourth-order valence-corrected chi connectivity index (χ4v) is 2.70. The lowest BCUT2D eigenvalue weighted by molar-refractivity contribution is 1.50. The third-order valence-corrected chi connectivity index (χ3v) is 3.50. The molecule has 0 bridgehead atoms. The van der Waals surface area contributed by atoms with Gasteiger partial charge < -0.3 is 5.73 Å². The minimum Gasteiger partial charge on any atom is -0.398 e. The largest absolute Gasteiger partial charge is 0.398 e. The molecule has 1 nitrogen and oxygen atoms in total. The van der Waals surface area contributed by atoms with Gasteiger partial charge in [0.05, 0.1) is 0 Å². The standard InChI is InChI=1S/C9H9NS2/c1-5-6(10)2-3-8-9(5)7(11)4-12-8/h2-4,11H,10H2,1H3. The van der Waals surface area contributed by atoms with E-state index >= 15 is 0 Å². The lowest BCUT2D eigenvalue weighted by Crippen LogP contribution is -1.88. The summed E-state index contributed by atoms with van der Waals surface area (Å²) in [6, 6.07) is 3.99. The van der Waals surface area contributed by atoms with Crippen LogP contribution >= 0.6 is 24.0 Å². The van der Waals surface area contributed by atoms with Crippen molar-refractivity contribution >= 4 is 39.7 Å². The van der Waals surface area contributed by atoms with Gasteiger partial charge in [-0.15, -0.1) is 24.0 Å². The van der Waals surface area contributed by atoms with Crippen LogP contribution in [0.4, 0.5) is 5.69 Å². The number of rotatable bonds is 0. The van der Waals surface area contributed by atoms with Crippen LogP contribution in [0.25, 0.3) is 10.1 Å². The zero-order chi connectivity index (χ0) is 8.72. The Bertz CT molecular complexity index is 431. The van der Waals surface area contributed by atoms with Crippen LogP contribution in [0.2, 0.25) is 0 Å². The molecule has 2 rings (SSSR count). The number of aryl methyl sites for hydroxylation is 1. The summed E-state index contributed by atoms with van der Waals surface area (Å²) < 4.78 is 1.26. The minimum atomic E-state index is 0.844. The maximum absolute atomic E-state index is 5.78. The van der Waals surface area contributed by atoms with Crippen molar-refractivity contribution in [2.24, 2.45) is 0 Å². The topological polar surface area (TPSA) is 26.0 Å². The number of fused-ring (bicyclic) bond motifs is 1. The van der Waals surface area contributed by atoms with E-state index in [1.54, 1.807) is 11.3 Å². The van der Waals surface area contributed by atoms with Crippen molar-refractivity contribution in [3.8, 4) is 0 Å². The summed E-state index contributed by atoms with van der Waals surface area (Å²) in [5.74, 6) is 0. The molecule has 1 aromatic carbocycles. The number of nitrogen functional groups attached to an aromatic ring is 1. The van der Waals surface area contributed by atoms with Crippen LogP contribution in [0.5, 0.6) is 0 Å². The summed E-state index contributed by atoms with van der Waals surface area (Å²) in [5, 5.41) is 3.24. The first-order chi connectivity index (χ1) is 5.70. The van der Waals surface area contributed by atoms with E-state index < -0.39 is 0 Å². The summed E-state index contributed by atoms with van der Waals surface area (Å²) in [5.41, 5.74) is 7.77. The lowest BCUT2D eigenvalue weighted by atomic mass is 10.1. The van der Waals surface area contributed by atoms with Gasteiger partial charge in [-0.25, -0.2) is 0 Å². The molecule has 0 spiro atoms. The molecule has 0 saturated heterocycles. The Morgan fingerprint density at radius 3 is 2.92 bits per heavy atom. The van der Waals surface area contributed by atoms with Gasteiger partial charge in [0.2, 0.25) is 0 Å². The number of benzene rings is 1. The zero-order valence-electron chi connectivity index (χ0n) is 6.66. The number of thiol groups is 1. The third kappa shape index (κ3) is 1.01. The molecule has 0 atom stereocenters. The summed E-state index contributed by atoms with van der Waals surface area (Å²) >= 11 is 6.08. The fourth-order valence-electron chi connectivity index (χ4n) is 1.30. The summed E-state index contributed by atoms with van der Waals surface area (Å²) in [4.78, 5) is 1.03. The Balaban J connectivity index is 2.96. The molecule has 3 heteroatoms. The molecule has 0 radical (unpaired) electrons. The van der Waals surface area contributed by atoms with E-state index in [1.807, 2.05) is 24.4 Å². The normalized spacial score (nSPS) is 10.8. The number of nitrogens with two attached hydrogens (primary N) is 1. The second-order valence-corrected chi connectivity index (χ2v) is 4.17. The maximum atomic E-state index is 5.78. The number of hydrogen-bond donors (Lipinski definition) is 2. The second kappa shape index (κ2) is 2.68. The Morgan fingerprint density at radius 1 is 1.42 bits per heavy atom. The van der Waals surface area contributed by atoms with Crippen LogP contribution in [0.15, 0.2) is 22.4 Å². The van der Waals surface area contributed by atoms with Crippen LogP contribution in [0, 0.1) is 6.92 Å². The van der Waals surface area contributed by atoms with Crippen molar-refractivity contribution < 1.29 is 0 Å². The molecule has 2 aromatic rings. The van der Waals surface area contributed by atoms with Crippen LogP contribution in [0.1, 0.15) is 5.56 Å². The monoisotopic (exact) mass is 195 g/mol. The van der Waals surface area contributed by atoms with E-state index in [-0.39, 0.29) is 0 Å². The van der Waals surface area contributed by atoms with Gasteiger partial charge in [-0.2, -0.15) is 0 Å². The van der Waals surface area contributed by atoms with E-state index in [1.165, 1.54) is 10.1 Å². The highest BCUT2D eigenvalue weighted by molar-refractivity contribution is 7.80. The van der Waals surface area contributed by atoms with Gasteiger partial charge in [-0.3, -0.25) is 0 Å². The quantitative estimate of drug-likeness (QED) is 0.490. The lowest BCUT2D eigenvalue weighted by Gasteiger charge is -2.01. The van der Waals surface area contributed by atoms with E-state index in [9.17, 15) is 0 Å². The van der Waals surface area contributed by atoms with E-state index in [0.29, 0.717) is 0 Å². The SMILES string of the molecule is Cc1c(N)ccc2scc(S)c12. The molecule has 0 amide bonds. The number of hydrogen-bond acceptors (Lipinski definition) is 3. The Hall–Kier alpha value is -0.670. The molecular weight excluding hydrogens is 186 g/mol. The Kier molecular flexibility index (Phi) is 1.77. The summed E-state index contributed by atoms with van der Waals surface area (Å²) in [7, 11) is 0. The fraction of sp³-hybridized carbons (Fsp3) is 0.111. The van der Waals surface area contributed by atoms with Crippen molar-refractivity contribution in [1.82, 2.24) is 0 Å². The van der Waals surface area contributed by atoms with Crippen LogP contribution in [0.3, 0.4) is 0 Å². The Morgan fingerprint density at radius 2 is 2.17 bits per heavy atom. The van der Waals surface area contributed by atoms with Gasteiger partial charge in [0.1, 0.15) is 0 Å². The first-order valence-corrected chi connectivity index (χ1v) is 4.98. The van der Waals surface area contributed by atoms with Gasteiger partial charge in [0.15, 0.2) is 0 Å². The molecule has 0 aliphatic heterocycles. The second-order valence-electron chi connectivity index (χ2n) is 2.77. The summed E-state index contributed by atoms with van der Waals surface area (Å²) in [6.07, 6.45) is 0. The van der Waals surface area contributed by atoms with Crippen LogP contribution < -0.4 is 5.73 Å². The van der Waals surface area contributed by atoms with E-state index in [2.05, 4.69) is 12.6 Å². The van der Waals surface area contributed by atoms with Crippen LogP contribution in [-0.4, -0.2) is 0 Å². The van der Waals surface area contributed by atoms with Crippen molar-refractivity contribution in [1.29, 1.82) is 0 Å². The van der Waals surface area contributed by atoms with E-state index in [0.717, 1.165) is 16.1 Å². The highest BCUT2D eigenvalue weighted by atomic mass is 32.1. The minimum absolute atomic E-state index is 0.844. The van der Waals surface area contributed by atoms with E-state index in [4.69, 9.17) is 5.73 Å². The average Bonchev–Trinajstić information content (AvgIpc) is 2.41. The average molecular weight is 195 g/mol. The van der Waals surface area contributed by atoms with Crippen molar-refractivity contribution in [3.05, 3.63) is 23.1 Å². The molecule has 0 saturated carbocycles. The molecule has 1 aromatic heterocycles. The molecule has 0 unspecified atom stereocenters. The Labute approximate surface area is 80.6 Å². The van der Waals surface area contributed by atoms with Crippen LogP contribution in [-0.2, 0) is 0 Å². The molecule has 12 heavy (non-hydrogen) atoms. The van der Waals surface area contributed by atoms with Crippen molar-refractivity contribution in [2.45, 2.75) is 11.8 Å². The predicted octanol–water partition coefficient (Wildman–Crippen LogP) is 3.08. The maximum Gasteiger partial charge on any atom is 0.0358 e. The van der Waals surface area contributed by atoms with Gasteiger partial charge in [0, 0.05) is 26.0 Å². The first-order valence-electron chi connectivity index (χ1n) is 3.65. The highest BCUT2D eigenvalue weighted by Gasteiger charge is 2.05. The molecular formula is C9H9NS2.